The van der Waals surface area contributed by atoms with E-state index in [-0.39, 0.29) is 11.3 Å². The highest BCUT2D eigenvalue weighted by atomic mass is 32.2. The van der Waals surface area contributed by atoms with Crippen LogP contribution in [0.5, 0.6) is 0 Å². The number of anilines is 1. The van der Waals surface area contributed by atoms with Gasteiger partial charge < -0.3 is 10.6 Å². The van der Waals surface area contributed by atoms with Crippen LogP contribution in [0.2, 0.25) is 0 Å². The van der Waals surface area contributed by atoms with Crippen LogP contribution in [0.15, 0.2) is 53.7 Å². The van der Waals surface area contributed by atoms with Crippen molar-refractivity contribution in [3.8, 4) is 0 Å². The molecule has 1 aliphatic carbocycles. The van der Waals surface area contributed by atoms with E-state index in [1.807, 2.05) is 12.1 Å². The van der Waals surface area contributed by atoms with E-state index in [0.717, 1.165) is 31.2 Å². The summed E-state index contributed by atoms with van der Waals surface area (Å²) in [5.74, 6) is 0.970. The van der Waals surface area contributed by atoms with Crippen molar-refractivity contribution in [1.82, 2.24) is 10.3 Å². The summed E-state index contributed by atoms with van der Waals surface area (Å²) in [7, 11) is -3.36. The van der Waals surface area contributed by atoms with Crippen LogP contribution >= 0.6 is 0 Å². The summed E-state index contributed by atoms with van der Waals surface area (Å²) < 4.78 is 26.1. The van der Waals surface area contributed by atoms with Crippen molar-refractivity contribution in [2.24, 2.45) is 11.8 Å². The van der Waals surface area contributed by atoms with Gasteiger partial charge in [-0.25, -0.2) is 13.2 Å². The number of nitrogens with one attached hydrogen (secondary N) is 2. The Morgan fingerprint density at radius 2 is 1.93 bits per heavy atom. The van der Waals surface area contributed by atoms with Crippen LogP contribution in [0.25, 0.3) is 0 Å². The molecule has 0 radical (unpaired) electrons. The SMILES string of the molecule is CC(C)C1CCCC(S(=O)(=O)c2ccc(NC(=O)NCc3cccnc3)cc2)C1. The van der Waals surface area contributed by atoms with Gasteiger partial charge in [0.2, 0.25) is 0 Å². The predicted octanol–water partition coefficient (Wildman–Crippen LogP) is 4.39. The molecule has 1 aliphatic rings. The minimum absolute atomic E-state index is 0.315. The second-order valence-electron chi connectivity index (χ2n) is 8.03. The molecule has 1 aromatic carbocycles. The molecular weight excluding hydrogens is 386 g/mol. The lowest BCUT2D eigenvalue weighted by Gasteiger charge is -2.31. The first kappa shape index (κ1) is 21.3. The molecule has 156 valence electrons. The minimum atomic E-state index is -3.36. The molecule has 1 heterocycles. The van der Waals surface area contributed by atoms with Crippen LogP contribution in [-0.2, 0) is 16.4 Å². The number of urea groups is 1. The smallest absolute Gasteiger partial charge is 0.319 e. The summed E-state index contributed by atoms with van der Waals surface area (Å²) >= 11 is 0. The van der Waals surface area contributed by atoms with Gasteiger partial charge in [0.25, 0.3) is 0 Å². The summed E-state index contributed by atoms with van der Waals surface area (Å²) in [4.78, 5) is 16.4. The van der Waals surface area contributed by atoms with Gasteiger partial charge in [0, 0.05) is 24.6 Å². The highest BCUT2D eigenvalue weighted by Crippen LogP contribution is 2.35. The molecule has 1 fully saturated rings. The van der Waals surface area contributed by atoms with Gasteiger partial charge in [-0.3, -0.25) is 4.98 Å². The van der Waals surface area contributed by atoms with Crippen molar-refractivity contribution in [1.29, 1.82) is 0 Å². The molecule has 2 aromatic rings. The molecule has 3 rings (SSSR count). The van der Waals surface area contributed by atoms with Crippen molar-refractivity contribution in [2.45, 2.75) is 56.2 Å². The molecule has 2 N–H and O–H groups in total. The molecule has 6 nitrogen and oxygen atoms in total. The third-order valence-electron chi connectivity index (χ3n) is 5.66. The molecule has 0 aliphatic heterocycles. The largest absolute Gasteiger partial charge is 0.334 e. The van der Waals surface area contributed by atoms with Gasteiger partial charge in [0.1, 0.15) is 0 Å². The van der Waals surface area contributed by atoms with Gasteiger partial charge in [0.05, 0.1) is 10.1 Å². The maximum atomic E-state index is 13.0. The molecule has 0 spiro atoms. The van der Waals surface area contributed by atoms with Crippen LogP contribution in [0.4, 0.5) is 10.5 Å². The van der Waals surface area contributed by atoms with E-state index in [1.54, 1.807) is 36.7 Å². The average Bonchev–Trinajstić information content (AvgIpc) is 2.73. The van der Waals surface area contributed by atoms with E-state index in [2.05, 4.69) is 29.5 Å². The van der Waals surface area contributed by atoms with Gasteiger partial charge >= 0.3 is 6.03 Å². The highest BCUT2D eigenvalue weighted by Gasteiger charge is 2.33. The van der Waals surface area contributed by atoms with Crippen molar-refractivity contribution in [3.63, 3.8) is 0 Å². The first-order chi connectivity index (χ1) is 13.9. The lowest BCUT2D eigenvalue weighted by molar-refractivity contribution is 0.251. The second kappa shape index (κ2) is 9.39. The van der Waals surface area contributed by atoms with Gasteiger partial charge in [-0.2, -0.15) is 0 Å². The molecule has 0 saturated heterocycles. The van der Waals surface area contributed by atoms with E-state index in [1.165, 1.54) is 0 Å². The van der Waals surface area contributed by atoms with Gasteiger partial charge in [-0.15, -0.1) is 0 Å². The third kappa shape index (κ3) is 5.56. The number of sulfone groups is 1. The number of carbonyl (C=O) groups is 1. The van der Waals surface area contributed by atoms with E-state index < -0.39 is 9.84 Å². The van der Waals surface area contributed by atoms with Crippen LogP contribution in [0.1, 0.15) is 45.1 Å². The van der Waals surface area contributed by atoms with E-state index >= 15 is 0 Å². The van der Waals surface area contributed by atoms with Crippen LogP contribution < -0.4 is 10.6 Å². The Kier molecular flexibility index (Phi) is 6.90. The van der Waals surface area contributed by atoms with Crippen molar-refractivity contribution in [2.75, 3.05) is 5.32 Å². The number of hydrogen-bond acceptors (Lipinski definition) is 4. The summed E-state index contributed by atoms with van der Waals surface area (Å²) in [5.41, 5.74) is 1.45. The molecule has 29 heavy (non-hydrogen) atoms. The number of amides is 2. The number of pyridine rings is 1. The van der Waals surface area contributed by atoms with Crippen LogP contribution in [-0.4, -0.2) is 24.7 Å². The fourth-order valence-corrected chi connectivity index (χ4v) is 5.73. The Morgan fingerprint density at radius 3 is 2.59 bits per heavy atom. The Morgan fingerprint density at radius 1 is 1.17 bits per heavy atom. The van der Waals surface area contributed by atoms with Crippen molar-refractivity contribution in [3.05, 3.63) is 54.4 Å². The summed E-state index contributed by atoms with van der Waals surface area (Å²) in [5, 5.41) is 5.16. The molecule has 2 unspecified atom stereocenters. The van der Waals surface area contributed by atoms with E-state index in [9.17, 15) is 13.2 Å². The fraction of sp³-hybridized carbons (Fsp3) is 0.455. The number of rotatable bonds is 6. The third-order valence-corrected chi connectivity index (χ3v) is 7.90. The standard InChI is InChI=1S/C22H29N3O3S/c1-16(2)18-6-3-7-21(13-18)29(27,28)20-10-8-19(9-11-20)25-22(26)24-15-17-5-4-12-23-14-17/h4-5,8-12,14,16,18,21H,3,6-7,13,15H2,1-2H3,(H2,24,25,26). The number of carbonyl (C=O) groups excluding carboxylic acids is 1. The van der Waals surface area contributed by atoms with Gasteiger partial charge in [-0.05, 0) is 60.6 Å². The number of aromatic nitrogens is 1. The van der Waals surface area contributed by atoms with Crippen molar-refractivity contribution < 1.29 is 13.2 Å². The Hall–Kier alpha value is -2.41. The molecule has 2 amide bonds. The summed E-state index contributed by atoms with van der Waals surface area (Å²) in [6.07, 6.45) is 6.90. The van der Waals surface area contributed by atoms with Crippen molar-refractivity contribution >= 4 is 21.6 Å². The lowest BCUT2D eigenvalue weighted by Crippen LogP contribution is -2.30. The molecule has 0 bridgehead atoms. The maximum Gasteiger partial charge on any atom is 0.319 e. The monoisotopic (exact) mass is 415 g/mol. The molecule has 2 atom stereocenters. The number of benzene rings is 1. The highest BCUT2D eigenvalue weighted by molar-refractivity contribution is 7.92. The number of hydrogen-bond donors (Lipinski definition) is 2. The zero-order chi connectivity index (χ0) is 20.9. The van der Waals surface area contributed by atoms with Gasteiger partial charge in [0.15, 0.2) is 9.84 Å². The Bertz CT molecular complexity index is 912. The Labute approximate surface area is 173 Å². The van der Waals surface area contributed by atoms with Crippen LogP contribution in [0.3, 0.4) is 0 Å². The summed E-state index contributed by atoms with van der Waals surface area (Å²) in [6, 6.07) is 9.79. The second-order valence-corrected chi connectivity index (χ2v) is 10.3. The summed E-state index contributed by atoms with van der Waals surface area (Å²) in [6.45, 7) is 4.70. The van der Waals surface area contributed by atoms with Gasteiger partial charge in [-0.1, -0.05) is 32.8 Å². The molecule has 1 aromatic heterocycles. The normalized spacial score (nSPS) is 19.7. The zero-order valence-electron chi connectivity index (χ0n) is 17.0. The Balaban J connectivity index is 1.59. The van der Waals surface area contributed by atoms with Crippen LogP contribution in [0, 0.1) is 11.8 Å². The number of nitrogens with zero attached hydrogens (tertiary/aromatic N) is 1. The molecule has 7 heteroatoms. The fourth-order valence-electron chi connectivity index (χ4n) is 3.85. The quantitative estimate of drug-likeness (QED) is 0.732. The zero-order valence-corrected chi connectivity index (χ0v) is 17.8. The maximum absolute atomic E-state index is 13.0. The predicted molar refractivity (Wildman–Crippen MR) is 114 cm³/mol. The first-order valence-corrected chi connectivity index (χ1v) is 11.7. The average molecular weight is 416 g/mol. The molecular formula is C22H29N3O3S. The topological polar surface area (TPSA) is 88.2 Å². The first-order valence-electron chi connectivity index (χ1n) is 10.1. The lowest BCUT2D eigenvalue weighted by atomic mass is 9.81. The minimum Gasteiger partial charge on any atom is -0.334 e. The van der Waals surface area contributed by atoms with E-state index in [4.69, 9.17) is 0 Å². The molecule has 1 saturated carbocycles. The van der Waals surface area contributed by atoms with E-state index in [0.29, 0.717) is 29.0 Å².